The SMILES string of the molecule is CN(C)c1ccc2c3c([n+]4ccccc4c2c1)C1(C)c2cccc4c2-c2c5c(cccc5cc[n+]2C31C)C4(C)C. The summed E-state index contributed by atoms with van der Waals surface area (Å²) in [5.41, 5.74) is 12.0. The molecule has 0 saturated heterocycles. The van der Waals surface area contributed by atoms with Gasteiger partial charge in [0.15, 0.2) is 12.4 Å². The highest BCUT2D eigenvalue weighted by Crippen LogP contribution is 2.65. The molecule has 3 aliphatic rings. The monoisotopic (exact) mass is 519 g/mol. The van der Waals surface area contributed by atoms with Gasteiger partial charge in [0.1, 0.15) is 11.0 Å². The van der Waals surface area contributed by atoms with E-state index in [-0.39, 0.29) is 16.4 Å². The molecule has 3 aromatic carbocycles. The Hall–Kier alpha value is -4.24. The second-order valence-corrected chi connectivity index (χ2v) is 13.2. The lowest BCUT2D eigenvalue weighted by molar-refractivity contribution is -0.763. The van der Waals surface area contributed by atoms with E-state index >= 15 is 0 Å². The van der Waals surface area contributed by atoms with Gasteiger partial charge in [0.05, 0.1) is 16.3 Å². The summed E-state index contributed by atoms with van der Waals surface area (Å²) in [5, 5.41) is 5.41. The van der Waals surface area contributed by atoms with Crippen LogP contribution in [0.5, 0.6) is 0 Å². The average molecular weight is 520 g/mol. The molecular weight excluding hydrogens is 486 g/mol. The van der Waals surface area contributed by atoms with Crippen molar-refractivity contribution < 1.29 is 8.97 Å². The van der Waals surface area contributed by atoms with Crippen LogP contribution in [0, 0.1) is 0 Å². The van der Waals surface area contributed by atoms with Crippen molar-refractivity contribution in [3.63, 3.8) is 0 Å². The molecule has 2 atom stereocenters. The van der Waals surface area contributed by atoms with Crippen molar-refractivity contribution in [2.24, 2.45) is 0 Å². The van der Waals surface area contributed by atoms with Crippen molar-refractivity contribution in [3.05, 3.63) is 119 Å². The van der Waals surface area contributed by atoms with Gasteiger partial charge < -0.3 is 4.90 Å². The van der Waals surface area contributed by atoms with Crippen LogP contribution >= 0.6 is 0 Å². The molecule has 0 saturated carbocycles. The third-order valence-electron chi connectivity index (χ3n) is 11.0. The van der Waals surface area contributed by atoms with Crippen LogP contribution in [0.1, 0.15) is 55.6 Å². The molecule has 0 fully saturated rings. The van der Waals surface area contributed by atoms with Gasteiger partial charge in [-0.25, -0.2) is 0 Å². The molecule has 4 heterocycles. The maximum atomic E-state index is 2.65. The van der Waals surface area contributed by atoms with Crippen molar-refractivity contribution in [2.45, 2.75) is 44.1 Å². The number of anilines is 1. The number of rotatable bonds is 1. The fourth-order valence-electron chi connectivity index (χ4n) is 8.85. The summed E-state index contributed by atoms with van der Waals surface area (Å²) in [5.74, 6) is 0. The van der Waals surface area contributed by atoms with E-state index in [0.717, 1.165) is 0 Å². The maximum Gasteiger partial charge on any atom is 0.222 e. The third-order valence-corrected chi connectivity index (χ3v) is 11.0. The first-order chi connectivity index (χ1) is 19.2. The van der Waals surface area contributed by atoms with E-state index < -0.39 is 0 Å². The molecular formula is C37H33N3+2. The molecule has 0 bridgehead atoms. The second kappa shape index (κ2) is 6.72. The zero-order chi connectivity index (χ0) is 27.3. The Balaban J connectivity index is 1.54. The van der Waals surface area contributed by atoms with Gasteiger partial charge in [-0.2, -0.15) is 8.97 Å². The van der Waals surface area contributed by atoms with E-state index in [1.165, 1.54) is 72.0 Å². The molecule has 3 aromatic heterocycles. The van der Waals surface area contributed by atoms with Gasteiger partial charge in [-0.05, 0) is 47.2 Å². The van der Waals surface area contributed by atoms with Crippen LogP contribution in [0.2, 0.25) is 0 Å². The highest BCUT2D eigenvalue weighted by molar-refractivity contribution is 6.04. The number of pyridine rings is 3. The van der Waals surface area contributed by atoms with E-state index in [4.69, 9.17) is 0 Å². The standard InChI is InChI=1S/C37H33N3/c1-35(2)26-12-9-11-22-18-20-40-33(30(22)26)31-27(35)13-10-14-28(31)36(3)34-32(37(36,40)4)24-17-16-23(38(5)6)21-25(24)29-15-7-8-19-39(29)34/h7-21H,1-6H3/q+2. The van der Waals surface area contributed by atoms with E-state index in [1.807, 2.05) is 0 Å². The topological polar surface area (TPSA) is 11.2 Å². The Morgan fingerprint density at radius 1 is 0.700 bits per heavy atom. The van der Waals surface area contributed by atoms with Crippen LogP contribution in [-0.4, -0.2) is 14.1 Å². The Morgan fingerprint density at radius 3 is 2.30 bits per heavy atom. The summed E-state index contributed by atoms with van der Waals surface area (Å²) < 4.78 is 5.14. The highest BCUT2D eigenvalue weighted by Gasteiger charge is 2.75. The largest absolute Gasteiger partial charge is 0.378 e. The lowest BCUT2D eigenvalue weighted by atomic mass is 9.47. The number of fused-ring (bicyclic) bond motifs is 11. The van der Waals surface area contributed by atoms with Gasteiger partial charge in [0.2, 0.25) is 22.4 Å². The molecule has 6 aromatic rings. The fraction of sp³-hybridized carbons (Fsp3) is 0.243. The molecule has 0 spiro atoms. The molecule has 2 unspecified atom stereocenters. The van der Waals surface area contributed by atoms with E-state index in [1.54, 1.807) is 0 Å². The van der Waals surface area contributed by atoms with Crippen molar-refractivity contribution >= 4 is 32.7 Å². The second-order valence-electron chi connectivity index (χ2n) is 13.2. The predicted octanol–water partition coefficient (Wildman–Crippen LogP) is 6.79. The van der Waals surface area contributed by atoms with Crippen LogP contribution in [0.3, 0.4) is 0 Å². The van der Waals surface area contributed by atoms with Crippen LogP contribution < -0.4 is 13.9 Å². The van der Waals surface area contributed by atoms with Gasteiger partial charge in [0, 0.05) is 55.7 Å². The maximum absolute atomic E-state index is 2.65. The summed E-state index contributed by atoms with van der Waals surface area (Å²) in [6.07, 6.45) is 4.65. The van der Waals surface area contributed by atoms with Crippen molar-refractivity contribution in [3.8, 4) is 11.3 Å². The zero-order valence-corrected chi connectivity index (χ0v) is 24.0. The first kappa shape index (κ1) is 22.6. The van der Waals surface area contributed by atoms with Crippen molar-refractivity contribution in [1.82, 2.24) is 0 Å². The van der Waals surface area contributed by atoms with Crippen LogP contribution in [0.15, 0.2) is 91.3 Å². The Morgan fingerprint density at radius 2 is 1.48 bits per heavy atom. The van der Waals surface area contributed by atoms with Crippen molar-refractivity contribution in [2.75, 3.05) is 19.0 Å². The van der Waals surface area contributed by atoms with E-state index in [0.29, 0.717) is 0 Å². The predicted molar refractivity (Wildman–Crippen MR) is 162 cm³/mol. The quantitative estimate of drug-likeness (QED) is 0.172. The van der Waals surface area contributed by atoms with Crippen LogP contribution in [0.25, 0.3) is 38.3 Å². The normalized spacial score (nSPS) is 22.6. The summed E-state index contributed by atoms with van der Waals surface area (Å²) in [4.78, 5) is 2.20. The van der Waals surface area contributed by atoms with Gasteiger partial charge in [0.25, 0.3) is 0 Å². The van der Waals surface area contributed by atoms with Gasteiger partial charge in [-0.1, -0.05) is 56.3 Å². The number of nitrogens with zero attached hydrogens (tertiary/aromatic N) is 3. The van der Waals surface area contributed by atoms with E-state index in [2.05, 4.69) is 147 Å². The lowest BCUT2D eigenvalue weighted by Crippen LogP contribution is -2.77. The summed E-state index contributed by atoms with van der Waals surface area (Å²) in [6.45, 7) is 9.80. The minimum atomic E-state index is -0.249. The number of hydrogen-bond acceptors (Lipinski definition) is 1. The van der Waals surface area contributed by atoms with Crippen molar-refractivity contribution in [1.29, 1.82) is 0 Å². The number of benzene rings is 3. The molecule has 0 amide bonds. The molecule has 3 heteroatoms. The van der Waals surface area contributed by atoms with E-state index in [9.17, 15) is 0 Å². The summed E-state index contributed by atoms with van der Waals surface area (Å²) in [6, 6.07) is 30.0. The van der Waals surface area contributed by atoms with Crippen LogP contribution in [0.4, 0.5) is 5.69 Å². The molecule has 0 radical (unpaired) electrons. The number of aromatic nitrogens is 2. The molecule has 194 valence electrons. The summed E-state index contributed by atoms with van der Waals surface area (Å²) >= 11 is 0. The molecule has 1 aliphatic heterocycles. The van der Waals surface area contributed by atoms with Gasteiger partial charge in [-0.15, -0.1) is 0 Å². The lowest BCUT2D eigenvalue weighted by Gasteiger charge is -2.53. The molecule has 9 rings (SSSR count). The molecule has 0 N–H and O–H groups in total. The fourth-order valence-corrected chi connectivity index (χ4v) is 8.85. The van der Waals surface area contributed by atoms with Gasteiger partial charge in [-0.3, -0.25) is 0 Å². The number of hydrogen-bond donors (Lipinski definition) is 0. The molecule has 40 heavy (non-hydrogen) atoms. The Bertz CT molecular complexity index is 2150. The Kier molecular flexibility index (Phi) is 3.79. The zero-order valence-electron chi connectivity index (χ0n) is 24.0. The smallest absolute Gasteiger partial charge is 0.222 e. The highest BCUT2D eigenvalue weighted by atomic mass is 15.1. The first-order valence-corrected chi connectivity index (χ1v) is 14.4. The minimum Gasteiger partial charge on any atom is -0.378 e. The molecule has 3 nitrogen and oxygen atoms in total. The third kappa shape index (κ3) is 2.15. The minimum absolute atomic E-state index is 0.0745. The van der Waals surface area contributed by atoms with Gasteiger partial charge >= 0.3 is 0 Å². The molecule has 2 aliphatic carbocycles. The average Bonchev–Trinajstić information content (AvgIpc) is 2.96. The Labute approximate surface area is 234 Å². The first-order valence-electron chi connectivity index (χ1n) is 14.4. The summed E-state index contributed by atoms with van der Waals surface area (Å²) in [7, 11) is 4.25. The van der Waals surface area contributed by atoms with Crippen LogP contribution in [-0.2, 0) is 16.4 Å².